The monoisotopic (exact) mass is 420 g/mol. The fraction of sp³-hybridized carbons (Fsp3) is 0.350. The second kappa shape index (κ2) is 7.14. The molecule has 3 aromatic rings. The molecular formula is C20H19F3N4OS. The van der Waals surface area contributed by atoms with E-state index in [1.807, 2.05) is 13.0 Å². The summed E-state index contributed by atoms with van der Waals surface area (Å²) in [6.07, 6.45) is 0.405. The zero-order chi connectivity index (χ0) is 20.8. The Morgan fingerprint density at radius 2 is 1.97 bits per heavy atom. The van der Waals surface area contributed by atoms with Gasteiger partial charge in [-0.15, -0.1) is 11.8 Å². The van der Waals surface area contributed by atoms with Gasteiger partial charge in [-0.2, -0.15) is 13.2 Å². The molecule has 0 saturated heterocycles. The minimum absolute atomic E-state index is 0.138. The van der Waals surface area contributed by atoms with Gasteiger partial charge in [-0.05, 0) is 42.4 Å². The highest BCUT2D eigenvalue weighted by molar-refractivity contribution is 7.99. The van der Waals surface area contributed by atoms with Gasteiger partial charge in [0.15, 0.2) is 0 Å². The number of halogens is 3. The second-order valence-corrected chi connectivity index (χ2v) is 8.47. The van der Waals surface area contributed by atoms with Crippen LogP contribution in [0.5, 0.6) is 0 Å². The van der Waals surface area contributed by atoms with Gasteiger partial charge in [0.05, 0.1) is 17.4 Å². The lowest BCUT2D eigenvalue weighted by Crippen LogP contribution is -2.27. The van der Waals surface area contributed by atoms with Gasteiger partial charge in [0.25, 0.3) is 5.56 Å². The molecule has 0 aliphatic heterocycles. The number of hydrogen-bond donors (Lipinski definition) is 1. The van der Waals surface area contributed by atoms with E-state index in [0.29, 0.717) is 21.3 Å². The first-order valence-corrected chi connectivity index (χ1v) is 10.2. The van der Waals surface area contributed by atoms with Crippen LogP contribution in [0.2, 0.25) is 0 Å². The second-order valence-electron chi connectivity index (χ2n) is 7.16. The van der Waals surface area contributed by atoms with Crippen LogP contribution in [0, 0.1) is 0 Å². The van der Waals surface area contributed by atoms with Crippen molar-refractivity contribution < 1.29 is 13.2 Å². The Morgan fingerprint density at radius 3 is 2.62 bits per heavy atom. The van der Waals surface area contributed by atoms with E-state index in [-0.39, 0.29) is 11.1 Å². The van der Waals surface area contributed by atoms with Crippen molar-refractivity contribution in [3.8, 4) is 11.4 Å². The van der Waals surface area contributed by atoms with Crippen LogP contribution >= 0.6 is 11.8 Å². The van der Waals surface area contributed by atoms with E-state index in [0.717, 1.165) is 35.1 Å². The van der Waals surface area contributed by atoms with Crippen molar-refractivity contribution in [2.45, 2.75) is 42.9 Å². The fourth-order valence-electron chi connectivity index (χ4n) is 3.26. The molecule has 0 unspecified atom stereocenters. The van der Waals surface area contributed by atoms with E-state index in [9.17, 15) is 18.0 Å². The summed E-state index contributed by atoms with van der Waals surface area (Å²) in [5, 5.41) is 0.495. The van der Waals surface area contributed by atoms with Crippen molar-refractivity contribution in [3.05, 3.63) is 52.6 Å². The summed E-state index contributed by atoms with van der Waals surface area (Å²) in [4.78, 5) is 21.8. The number of hydrogen-bond acceptors (Lipinski definition) is 5. The van der Waals surface area contributed by atoms with Crippen LogP contribution in [-0.2, 0) is 12.1 Å². The van der Waals surface area contributed by atoms with E-state index in [2.05, 4.69) is 9.97 Å². The average Bonchev–Trinajstić information content (AvgIpc) is 3.42. The van der Waals surface area contributed by atoms with Gasteiger partial charge in [-0.3, -0.25) is 19.3 Å². The van der Waals surface area contributed by atoms with Crippen molar-refractivity contribution >= 4 is 22.7 Å². The van der Waals surface area contributed by atoms with Crippen molar-refractivity contribution in [2.75, 3.05) is 5.75 Å². The topological polar surface area (TPSA) is 73.8 Å². The third-order valence-electron chi connectivity index (χ3n) is 4.97. The van der Waals surface area contributed by atoms with E-state index in [1.54, 1.807) is 24.0 Å². The highest BCUT2D eigenvalue weighted by atomic mass is 32.2. The average molecular weight is 420 g/mol. The number of nitrogens with zero attached hydrogens (tertiary/aromatic N) is 3. The molecule has 1 aliphatic carbocycles. The summed E-state index contributed by atoms with van der Waals surface area (Å²) in [5.41, 5.74) is 7.58. The summed E-state index contributed by atoms with van der Waals surface area (Å²) < 4.78 is 39.3. The third-order valence-corrected chi connectivity index (χ3v) is 5.88. The Bertz CT molecular complexity index is 1140. The summed E-state index contributed by atoms with van der Waals surface area (Å²) >= 11 is 1.61. The minimum Gasteiger partial charge on any atom is -0.321 e. The zero-order valence-corrected chi connectivity index (χ0v) is 16.5. The fourth-order valence-corrected chi connectivity index (χ4v) is 4.08. The largest absolute Gasteiger partial charge is 0.406 e. The van der Waals surface area contributed by atoms with Crippen LogP contribution in [0.4, 0.5) is 13.2 Å². The molecular weight excluding hydrogens is 401 g/mol. The standard InChI is InChI=1S/C20H19F3N4OS/c1-2-29-16-8-13(19(24)5-6-19)9-26-18(16)14-7-12-3-4-17(28)27(11-20(21,22)23)15(12)10-25-14/h3-4,7-10H,2,5-6,11,24H2,1H3. The van der Waals surface area contributed by atoms with Crippen LogP contribution in [0.3, 0.4) is 0 Å². The summed E-state index contributed by atoms with van der Waals surface area (Å²) in [6, 6.07) is 6.34. The molecule has 0 atom stereocenters. The molecule has 4 rings (SSSR count). The molecule has 1 aliphatic rings. The number of aromatic nitrogens is 3. The van der Waals surface area contributed by atoms with E-state index in [1.165, 1.54) is 12.3 Å². The van der Waals surface area contributed by atoms with Gasteiger partial charge >= 0.3 is 6.18 Å². The van der Waals surface area contributed by atoms with E-state index < -0.39 is 18.3 Å². The molecule has 3 heterocycles. The SMILES string of the molecule is CCSc1cc(C2(N)CC2)cnc1-c1cc2ccc(=O)n(CC(F)(F)F)c2cn1. The molecule has 5 nitrogen and oxygen atoms in total. The van der Waals surface area contributed by atoms with Gasteiger partial charge in [-0.1, -0.05) is 6.92 Å². The van der Waals surface area contributed by atoms with Gasteiger partial charge in [0.1, 0.15) is 12.2 Å². The first-order valence-electron chi connectivity index (χ1n) is 9.19. The summed E-state index contributed by atoms with van der Waals surface area (Å²) in [6.45, 7) is 0.673. The van der Waals surface area contributed by atoms with Crippen LogP contribution in [0.15, 0.2) is 46.3 Å². The molecule has 2 N–H and O–H groups in total. The Hall–Kier alpha value is -2.39. The lowest BCUT2D eigenvalue weighted by atomic mass is 10.1. The van der Waals surface area contributed by atoms with E-state index >= 15 is 0 Å². The van der Waals surface area contributed by atoms with Crippen LogP contribution < -0.4 is 11.3 Å². The first kappa shape index (κ1) is 19.9. The Labute approximate surface area is 169 Å². The molecule has 0 amide bonds. The van der Waals surface area contributed by atoms with Crippen molar-refractivity contribution in [1.82, 2.24) is 14.5 Å². The molecule has 0 radical (unpaired) electrons. The van der Waals surface area contributed by atoms with Crippen molar-refractivity contribution in [3.63, 3.8) is 0 Å². The maximum absolute atomic E-state index is 12.9. The minimum atomic E-state index is -4.50. The third kappa shape index (κ3) is 4.02. The van der Waals surface area contributed by atoms with Crippen LogP contribution in [-0.4, -0.2) is 26.5 Å². The van der Waals surface area contributed by atoms with Gasteiger partial charge in [0, 0.05) is 28.1 Å². The molecule has 0 spiro atoms. The maximum Gasteiger partial charge on any atom is 0.406 e. The number of fused-ring (bicyclic) bond motifs is 1. The maximum atomic E-state index is 12.9. The predicted octanol–water partition coefficient (Wildman–Crippen LogP) is 4.08. The number of nitrogens with two attached hydrogens (primary N) is 1. The first-order chi connectivity index (χ1) is 13.7. The molecule has 1 saturated carbocycles. The molecule has 3 aromatic heterocycles. The van der Waals surface area contributed by atoms with Crippen LogP contribution in [0.25, 0.3) is 22.3 Å². The predicted molar refractivity (Wildman–Crippen MR) is 107 cm³/mol. The molecule has 0 aromatic carbocycles. The Balaban J connectivity index is 1.81. The highest BCUT2D eigenvalue weighted by Gasteiger charge is 2.40. The lowest BCUT2D eigenvalue weighted by molar-refractivity contribution is -0.140. The molecule has 29 heavy (non-hydrogen) atoms. The van der Waals surface area contributed by atoms with E-state index in [4.69, 9.17) is 5.73 Å². The number of pyridine rings is 3. The lowest BCUT2D eigenvalue weighted by Gasteiger charge is -2.15. The summed E-state index contributed by atoms with van der Waals surface area (Å²) in [7, 11) is 0. The van der Waals surface area contributed by atoms with Gasteiger partial charge in [0.2, 0.25) is 0 Å². The molecule has 1 fully saturated rings. The summed E-state index contributed by atoms with van der Waals surface area (Å²) in [5.74, 6) is 0.828. The van der Waals surface area contributed by atoms with Gasteiger partial charge in [-0.25, -0.2) is 0 Å². The van der Waals surface area contributed by atoms with Crippen LogP contribution in [0.1, 0.15) is 25.3 Å². The number of alkyl halides is 3. The molecule has 152 valence electrons. The molecule has 0 bridgehead atoms. The van der Waals surface area contributed by atoms with Crippen molar-refractivity contribution in [1.29, 1.82) is 0 Å². The van der Waals surface area contributed by atoms with Crippen molar-refractivity contribution in [2.24, 2.45) is 5.73 Å². The quantitative estimate of drug-likeness (QED) is 0.630. The zero-order valence-electron chi connectivity index (χ0n) is 15.7. The normalized spacial score (nSPS) is 15.6. The Morgan fingerprint density at radius 1 is 1.21 bits per heavy atom. The number of thioether (sulfide) groups is 1. The Kier molecular flexibility index (Phi) is 4.90. The molecule has 9 heteroatoms. The number of rotatable bonds is 5. The van der Waals surface area contributed by atoms with Gasteiger partial charge < -0.3 is 5.73 Å². The highest BCUT2D eigenvalue weighted by Crippen LogP contribution is 2.44. The smallest absolute Gasteiger partial charge is 0.321 e.